The highest BCUT2D eigenvalue weighted by molar-refractivity contribution is 7.88. The number of pyridine rings is 1. The van der Waals surface area contributed by atoms with Gasteiger partial charge in [0.25, 0.3) is 0 Å². The molecular formula is C24H23N3O3S. The zero-order chi connectivity index (χ0) is 21.8. The molecule has 3 aromatic rings. The summed E-state index contributed by atoms with van der Waals surface area (Å²) < 4.78 is 26.0. The van der Waals surface area contributed by atoms with Gasteiger partial charge in [0.2, 0.25) is 15.9 Å². The van der Waals surface area contributed by atoms with Crippen LogP contribution in [0, 0.1) is 0 Å². The third kappa shape index (κ3) is 5.07. The number of nitrogens with one attached hydrogen (secondary N) is 1. The molecule has 1 aromatic heterocycles. The molecule has 1 aliphatic rings. The number of amides is 1. The Bertz CT molecular complexity index is 1220. The van der Waals surface area contributed by atoms with Crippen molar-refractivity contribution in [3.05, 3.63) is 95.3 Å². The highest BCUT2D eigenvalue weighted by Gasteiger charge is 2.36. The van der Waals surface area contributed by atoms with Crippen molar-refractivity contribution < 1.29 is 13.2 Å². The summed E-state index contributed by atoms with van der Waals surface area (Å²) in [6.45, 7) is 0.194. The van der Waals surface area contributed by atoms with Crippen molar-refractivity contribution in [1.82, 2.24) is 9.29 Å². The number of hydrogen-bond acceptors (Lipinski definition) is 4. The number of rotatable bonds is 5. The minimum absolute atomic E-state index is 0.194. The zero-order valence-corrected chi connectivity index (χ0v) is 17.9. The second-order valence-electron chi connectivity index (χ2n) is 7.50. The van der Waals surface area contributed by atoms with Crippen LogP contribution in [0.1, 0.15) is 22.4 Å². The van der Waals surface area contributed by atoms with Gasteiger partial charge in [0, 0.05) is 18.4 Å². The molecule has 0 spiro atoms. The molecule has 158 valence electrons. The quantitative estimate of drug-likeness (QED) is 0.667. The van der Waals surface area contributed by atoms with Gasteiger partial charge in [-0.3, -0.25) is 9.78 Å². The average molecular weight is 434 g/mol. The summed E-state index contributed by atoms with van der Waals surface area (Å²) >= 11 is 0. The Hall–Kier alpha value is -3.29. The van der Waals surface area contributed by atoms with Crippen LogP contribution in [0.5, 0.6) is 0 Å². The van der Waals surface area contributed by atoms with Crippen LogP contribution in [-0.2, 0) is 27.8 Å². The molecule has 0 radical (unpaired) electrons. The molecule has 1 atom stereocenters. The van der Waals surface area contributed by atoms with Crippen molar-refractivity contribution in [2.24, 2.45) is 0 Å². The molecule has 7 heteroatoms. The molecule has 6 nitrogen and oxygen atoms in total. The SMILES string of the molecule is CS(=O)(=O)N1Cc2ccccc2CC1C(=O)Nc1cccc(/C=C/c2ccccn2)c1. The zero-order valence-electron chi connectivity index (χ0n) is 17.1. The van der Waals surface area contributed by atoms with Crippen molar-refractivity contribution in [1.29, 1.82) is 0 Å². The topological polar surface area (TPSA) is 79.4 Å². The molecular weight excluding hydrogens is 410 g/mol. The maximum absolute atomic E-state index is 13.1. The van der Waals surface area contributed by atoms with Gasteiger partial charge in [0.15, 0.2) is 0 Å². The first kappa shape index (κ1) is 21.0. The van der Waals surface area contributed by atoms with Gasteiger partial charge in [0.1, 0.15) is 6.04 Å². The van der Waals surface area contributed by atoms with E-state index in [2.05, 4.69) is 10.3 Å². The molecule has 2 heterocycles. The van der Waals surface area contributed by atoms with Crippen LogP contribution in [-0.4, -0.2) is 35.9 Å². The molecule has 1 aliphatic heterocycles. The number of anilines is 1. The molecule has 2 aromatic carbocycles. The van der Waals surface area contributed by atoms with Crippen LogP contribution in [0.3, 0.4) is 0 Å². The fraction of sp³-hybridized carbons (Fsp3) is 0.167. The minimum Gasteiger partial charge on any atom is -0.325 e. The lowest BCUT2D eigenvalue weighted by molar-refractivity contribution is -0.120. The Morgan fingerprint density at radius 3 is 2.55 bits per heavy atom. The first-order chi connectivity index (χ1) is 14.9. The summed E-state index contributed by atoms with van der Waals surface area (Å²) in [5.41, 5.74) is 4.27. The smallest absolute Gasteiger partial charge is 0.243 e. The molecule has 0 bridgehead atoms. The third-order valence-corrected chi connectivity index (χ3v) is 6.46. The number of carbonyl (C=O) groups excluding carboxylic acids is 1. The second kappa shape index (κ2) is 8.83. The summed E-state index contributed by atoms with van der Waals surface area (Å²) in [7, 11) is -3.55. The molecule has 0 saturated carbocycles. The Morgan fingerprint density at radius 1 is 1.03 bits per heavy atom. The van der Waals surface area contributed by atoms with E-state index < -0.39 is 16.1 Å². The first-order valence-electron chi connectivity index (χ1n) is 9.94. The standard InChI is InChI=1S/C24H23N3O3S/c1-31(29,30)27-17-20-9-3-2-8-19(20)16-23(27)24(28)26-22-11-6-7-18(15-22)12-13-21-10-4-5-14-25-21/h2-15,23H,16-17H2,1H3,(H,26,28)/b13-12+. The second-order valence-corrected chi connectivity index (χ2v) is 9.43. The monoisotopic (exact) mass is 433 g/mol. The third-order valence-electron chi connectivity index (χ3n) is 5.22. The van der Waals surface area contributed by atoms with E-state index in [1.54, 1.807) is 12.3 Å². The summed E-state index contributed by atoms with van der Waals surface area (Å²) in [5.74, 6) is -0.342. The number of hydrogen-bond donors (Lipinski definition) is 1. The van der Waals surface area contributed by atoms with Crippen LogP contribution >= 0.6 is 0 Å². The first-order valence-corrected chi connectivity index (χ1v) is 11.8. The molecule has 1 unspecified atom stereocenters. The van der Waals surface area contributed by atoms with E-state index in [1.807, 2.05) is 72.8 Å². The van der Waals surface area contributed by atoms with Crippen LogP contribution in [0.25, 0.3) is 12.2 Å². The van der Waals surface area contributed by atoms with Gasteiger partial charge in [-0.2, -0.15) is 4.31 Å². The largest absolute Gasteiger partial charge is 0.325 e. The van der Waals surface area contributed by atoms with E-state index in [1.165, 1.54) is 4.31 Å². The molecule has 1 amide bonds. The number of carbonyl (C=O) groups is 1. The van der Waals surface area contributed by atoms with Gasteiger partial charge in [0.05, 0.1) is 11.9 Å². The Balaban J connectivity index is 1.54. The number of aromatic nitrogens is 1. The Kier molecular flexibility index (Phi) is 5.97. The van der Waals surface area contributed by atoms with Gasteiger partial charge in [-0.15, -0.1) is 0 Å². The lowest BCUT2D eigenvalue weighted by atomic mass is 9.95. The lowest BCUT2D eigenvalue weighted by Crippen LogP contribution is -2.50. The molecule has 4 rings (SSSR count). The molecule has 1 N–H and O–H groups in total. The average Bonchev–Trinajstić information content (AvgIpc) is 2.77. The highest BCUT2D eigenvalue weighted by Crippen LogP contribution is 2.26. The fourth-order valence-corrected chi connectivity index (χ4v) is 4.68. The molecule has 0 fully saturated rings. The lowest BCUT2D eigenvalue weighted by Gasteiger charge is -2.34. The van der Waals surface area contributed by atoms with Gasteiger partial charge in [-0.25, -0.2) is 8.42 Å². The number of sulfonamides is 1. The van der Waals surface area contributed by atoms with E-state index in [0.29, 0.717) is 12.1 Å². The maximum atomic E-state index is 13.1. The molecule has 31 heavy (non-hydrogen) atoms. The Morgan fingerprint density at radius 2 is 1.81 bits per heavy atom. The van der Waals surface area contributed by atoms with Crippen molar-refractivity contribution in [2.75, 3.05) is 11.6 Å². The van der Waals surface area contributed by atoms with E-state index in [0.717, 1.165) is 28.6 Å². The van der Waals surface area contributed by atoms with Crippen LogP contribution in [0.15, 0.2) is 72.9 Å². The van der Waals surface area contributed by atoms with Gasteiger partial charge in [-0.05, 0) is 53.5 Å². The van der Waals surface area contributed by atoms with E-state index in [-0.39, 0.29) is 12.5 Å². The van der Waals surface area contributed by atoms with E-state index >= 15 is 0 Å². The van der Waals surface area contributed by atoms with Gasteiger partial charge in [-0.1, -0.05) is 48.5 Å². The van der Waals surface area contributed by atoms with Crippen LogP contribution < -0.4 is 5.32 Å². The van der Waals surface area contributed by atoms with Gasteiger partial charge >= 0.3 is 0 Å². The predicted octanol–water partition coefficient (Wildman–Crippen LogP) is 3.58. The van der Waals surface area contributed by atoms with Crippen molar-refractivity contribution >= 4 is 33.8 Å². The molecule has 0 aliphatic carbocycles. The maximum Gasteiger partial charge on any atom is 0.243 e. The summed E-state index contributed by atoms with van der Waals surface area (Å²) in [5, 5.41) is 2.89. The number of benzene rings is 2. The van der Waals surface area contributed by atoms with E-state index in [9.17, 15) is 13.2 Å². The number of nitrogens with zero attached hydrogens (tertiary/aromatic N) is 2. The van der Waals surface area contributed by atoms with E-state index in [4.69, 9.17) is 0 Å². The fourth-order valence-electron chi connectivity index (χ4n) is 3.67. The normalized spacial score (nSPS) is 16.7. The summed E-state index contributed by atoms with van der Waals surface area (Å²) in [6.07, 6.45) is 7.02. The minimum atomic E-state index is -3.55. The van der Waals surface area contributed by atoms with Gasteiger partial charge < -0.3 is 5.32 Å². The van der Waals surface area contributed by atoms with Crippen LogP contribution in [0.2, 0.25) is 0 Å². The Labute approximate surface area is 182 Å². The predicted molar refractivity (Wildman–Crippen MR) is 123 cm³/mol. The summed E-state index contributed by atoms with van der Waals surface area (Å²) in [4.78, 5) is 17.3. The summed E-state index contributed by atoms with van der Waals surface area (Å²) in [6, 6.07) is 19.9. The highest BCUT2D eigenvalue weighted by atomic mass is 32.2. The van der Waals surface area contributed by atoms with Crippen molar-refractivity contribution in [3.8, 4) is 0 Å². The van der Waals surface area contributed by atoms with Crippen LogP contribution in [0.4, 0.5) is 5.69 Å². The number of fused-ring (bicyclic) bond motifs is 1. The van der Waals surface area contributed by atoms with Crippen molar-refractivity contribution in [3.63, 3.8) is 0 Å². The van der Waals surface area contributed by atoms with Crippen molar-refractivity contribution in [2.45, 2.75) is 19.0 Å². The molecule has 0 saturated heterocycles.